The zero-order chi connectivity index (χ0) is 23.8. The van der Waals surface area contributed by atoms with Crippen LogP contribution in [0.25, 0.3) is 0 Å². The number of hydrogen-bond acceptors (Lipinski definition) is 2. The van der Waals surface area contributed by atoms with Crippen molar-refractivity contribution in [2.45, 2.75) is 18.8 Å². The lowest BCUT2D eigenvalue weighted by atomic mass is 9.69. The molecule has 34 heavy (non-hydrogen) atoms. The van der Waals surface area contributed by atoms with Crippen molar-refractivity contribution in [2.24, 2.45) is 0 Å². The Labute approximate surface area is 201 Å². The first-order valence-electron chi connectivity index (χ1n) is 11.4. The van der Waals surface area contributed by atoms with Gasteiger partial charge in [0.1, 0.15) is 17.8 Å². The number of ether oxygens (including phenoxy) is 1. The molecule has 0 bridgehead atoms. The van der Waals surface area contributed by atoms with E-state index in [1.807, 2.05) is 84.9 Å². The van der Waals surface area contributed by atoms with E-state index in [0.29, 0.717) is 13.0 Å². The molecule has 1 N–H and O–H groups in total. The van der Waals surface area contributed by atoms with Crippen molar-refractivity contribution in [3.8, 4) is 5.75 Å². The Bertz CT molecular complexity index is 1170. The molecule has 0 saturated heterocycles. The highest BCUT2D eigenvalue weighted by Gasteiger charge is 2.42. The van der Waals surface area contributed by atoms with Crippen LogP contribution in [0, 0.1) is 6.92 Å². The van der Waals surface area contributed by atoms with Crippen LogP contribution >= 0.6 is 0 Å². The fourth-order valence-corrected chi connectivity index (χ4v) is 4.20. The van der Waals surface area contributed by atoms with Crippen LogP contribution in [0.15, 0.2) is 122 Å². The number of nitrogens with one attached hydrogen (secondary N) is 1. The predicted octanol–water partition coefficient (Wildman–Crippen LogP) is 6.73. The summed E-state index contributed by atoms with van der Waals surface area (Å²) in [5.74, 6) is 0.653. The highest BCUT2D eigenvalue weighted by atomic mass is 16.5. The Balaban J connectivity index is 1.77. The number of aryl methyl sites for hydroxylation is 1. The molecular formula is C31H29NO2. The van der Waals surface area contributed by atoms with Gasteiger partial charge in [0.05, 0.1) is 0 Å². The second-order valence-corrected chi connectivity index (χ2v) is 8.38. The summed E-state index contributed by atoms with van der Waals surface area (Å²) in [7, 11) is 0. The van der Waals surface area contributed by atoms with Gasteiger partial charge in [-0.15, -0.1) is 0 Å². The topological polar surface area (TPSA) is 38.3 Å². The van der Waals surface area contributed by atoms with E-state index < -0.39 is 5.41 Å². The summed E-state index contributed by atoms with van der Waals surface area (Å²) in [6.07, 6.45) is 2.24. The molecule has 0 aliphatic heterocycles. The van der Waals surface area contributed by atoms with Crippen molar-refractivity contribution in [1.82, 2.24) is 0 Å². The van der Waals surface area contributed by atoms with Gasteiger partial charge in [0.15, 0.2) is 0 Å². The SMILES string of the molecule is C=CCOc1ccc(NC(=O)C(Cc2ccc(C)cc2)(c2ccccc2)c2ccccc2)cc1. The Morgan fingerprint density at radius 2 is 1.38 bits per heavy atom. The van der Waals surface area contributed by atoms with Crippen molar-refractivity contribution in [1.29, 1.82) is 0 Å². The van der Waals surface area contributed by atoms with E-state index in [0.717, 1.165) is 28.1 Å². The first-order valence-corrected chi connectivity index (χ1v) is 11.4. The average molecular weight is 448 g/mol. The molecule has 3 heteroatoms. The fraction of sp³-hybridized carbons (Fsp3) is 0.129. The van der Waals surface area contributed by atoms with Gasteiger partial charge >= 0.3 is 0 Å². The van der Waals surface area contributed by atoms with E-state index in [2.05, 4.69) is 43.1 Å². The fourth-order valence-electron chi connectivity index (χ4n) is 4.20. The molecule has 0 aromatic heterocycles. The van der Waals surface area contributed by atoms with E-state index in [1.165, 1.54) is 5.56 Å². The van der Waals surface area contributed by atoms with E-state index >= 15 is 0 Å². The third kappa shape index (κ3) is 5.10. The van der Waals surface area contributed by atoms with Crippen LogP contribution in [0.4, 0.5) is 5.69 Å². The van der Waals surface area contributed by atoms with Crippen LogP contribution in [0.1, 0.15) is 22.3 Å². The zero-order valence-corrected chi connectivity index (χ0v) is 19.4. The van der Waals surface area contributed by atoms with Gasteiger partial charge in [0, 0.05) is 5.69 Å². The van der Waals surface area contributed by atoms with Gasteiger partial charge in [-0.05, 0) is 54.3 Å². The minimum absolute atomic E-state index is 0.0785. The monoisotopic (exact) mass is 447 g/mol. The molecule has 0 aliphatic rings. The number of benzene rings is 4. The minimum atomic E-state index is -0.907. The molecule has 4 aromatic carbocycles. The van der Waals surface area contributed by atoms with E-state index in [-0.39, 0.29) is 5.91 Å². The normalized spacial score (nSPS) is 11.0. The Hall–Kier alpha value is -4.11. The maximum absolute atomic E-state index is 14.2. The van der Waals surface area contributed by atoms with Gasteiger partial charge in [-0.2, -0.15) is 0 Å². The number of rotatable bonds is 9. The lowest BCUT2D eigenvalue weighted by Crippen LogP contribution is -2.43. The summed E-state index contributed by atoms with van der Waals surface area (Å²) in [5, 5.41) is 3.18. The standard InChI is InChI=1S/C31H29NO2/c1-3-22-34-29-20-18-28(19-21-29)32-30(33)31(26-10-6-4-7-11-26,27-12-8-5-9-13-27)23-25-16-14-24(2)15-17-25/h3-21H,1,22-23H2,2H3,(H,32,33). The largest absolute Gasteiger partial charge is 0.490 e. The molecule has 0 heterocycles. The van der Waals surface area contributed by atoms with Crippen LogP contribution in [0.5, 0.6) is 5.75 Å². The molecule has 170 valence electrons. The second-order valence-electron chi connectivity index (χ2n) is 8.38. The Morgan fingerprint density at radius 3 is 1.91 bits per heavy atom. The van der Waals surface area contributed by atoms with Crippen LogP contribution < -0.4 is 10.1 Å². The number of anilines is 1. The van der Waals surface area contributed by atoms with Gasteiger partial charge in [-0.1, -0.05) is 103 Å². The quantitative estimate of drug-likeness (QED) is 0.289. The Kier molecular flexibility index (Phi) is 7.24. The van der Waals surface area contributed by atoms with Gasteiger partial charge in [0.2, 0.25) is 5.91 Å². The van der Waals surface area contributed by atoms with Gasteiger partial charge in [-0.25, -0.2) is 0 Å². The highest BCUT2D eigenvalue weighted by molar-refractivity contribution is 6.02. The number of amides is 1. The summed E-state index contributed by atoms with van der Waals surface area (Å²) in [4.78, 5) is 14.2. The summed E-state index contributed by atoms with van der Waals surface area (Å²) in [6, 6.07) is 35.9. The van der Waals surface area contributed by atoms with Crippen molar-refractivity contribution in [2.75, 3.05) is 11.9 Å². The minimum Gasteiger partial charge on any atom is -0.490 e. The summed E-state index contributed by atoms with van der Waals surface area (Å²) < 4.78 is 5.58. The molecule has 0 fully saturated rings. The third-order valence-corrected chi connectivity index (χ3v) is 5.99. The van der Waals surface area contributed by atoms with Crippen molar-refractivity contribution < 1.29 is 9.53 Å². The molecule has 0 radical (unpaired) electrons. The van der Waals surface area contributed by atoms with Crippen molar-refractivity contribution in [3.63, 3.8) is 0 Å². The molecule has 3 nitrogen and oxygen atoms in total. The maximum atomic E-state index is 14.2. The molecule has 0 atom stereocenters. The summed E-state index contributed by atoms with van der Waals surface area (Å²) in [5.41, 5.74) is 4.00. The zero-order valence-electron chi connectivity index (χ0n) is 19.4. The number of carbonyl (C=O) groups excluding carboxylic acids is 1. The lowest BCUT2D eigenvalue weighted by Gasteiger charge is -2.34. The van der Waals surface area contributed by atoms with Crippen LogP contribution in [0.2, 0.25) is 0 Å². The third-order valence-electron chi connectivity index (χ3n) is 5.99. The van der Waals surface area contributed by atoms with E-state index in [4.69, 9.17) is 4.74 Å². The van der Waals surface area contributed by atoms with Gasteiger partial charge in [0.25, 0.3) is 0 Å². The van der Waals surface area contributed by atoms with Crippen LogP contribution in [-0.4, -0.2) is 12.5 Å². The lowest BCUT2D eigenvalue weighted by molar-refractivity contribution is -0.120. The predicted molar refractivity (Wildman–Crippen MR) is 139 cm³/mol. The molecule has 1 amide bonds. The van der Waals surface area contributed by atoms with Crippen LogP contribution in [0.3, 0.4) is 0 Å². The smallest absolute Gasteiger partial charge is 0.239 e. The average Bonchev–Trinajstić information content (AvgIpc) is 2.89. The first-order chi connectivity index (χ1) is 16.6. The van der Waals surface area contributed by atoms with Gasteiger partial charge < -0.3 is 10.1 Å². The first kappa shape index (κ1) is 23.1. The molecule has 0 aliphatic carbocycles. The van der Waals surface area contributed by atoms with Crippen molar-refractivity contribution in [3.05, 3.63) is 144 Å². The summed E-state index contributed by atoms with van der Waals surface area (Å²) >= 11 is 0. The molecule has 0 unspecified atom stereocenters. The Morgan fingerprint density at radius 1 is 0.824 bits per heavy atom. The second kappa shape index (κ2) is 10.7. The van der Waals surface area contributed by atoms with Crippen LogP contribution in [-0.2, 0) is 16.6 Å². The molecule has 4 aromatic rings. The summed E-state index contributed by atoms with van der Waals surface area (Å²) in [6.45, 7) is 6.18. The van der Waals surface area contributed by atoms with Crippen molar-refractivity contribution >= 4 is 11.6 Å². The molecular weight excluding hydrogens is 418 g/mol. The number of carbonyl (C=O) groups is 1. The number of hydrogen-bond donors (Lipinski definition) is 1. The molecule has 0 spiro atoms. The maximum Gasteiger partial charge on any atom is 0.239 e. The molecule has 0 saturated carbocycles. The van der Waals surface area contributed by atoms with Gasteiger partial charge in [-0.3, -0.25) is 4.79 Å². The highest BCUT2D eigenvalue weighted by Crippen LogP contribution is 2.37. The molecule has 4 rings (SSSR count). The van der Waals surface area contributed by atoms with E-state index in [1.54, 1.807) is 6.08 Å². The van der Waals surface area contributed by atoms with E-state index in [9.17, 15) is 4.79 Å².